The molecule has 1 unspecified atom stereocenters. The number of ketones is 1. The lowest BCUT2D eigenvalue weighted by Crippen LogP contribution is -2.23. The maximum absolute atomic E-state index is 13.1. The molecule has 0 bridgehead atoms. The van der Waals surface area contributed by atoms with Gasteiger partial charge in [-0.15, -0.1) is 0 Å². The molecule has 2 aliphatic rings. The van der Waals surface area contributed by atoms with E-state index in [-0.39, 0.29) is 17.5 Å². The summed E-state index contributed by atoms with van der Waals surface area (Å²) in [4.78, 5) is 13.1. The van der Waals surface area contributed by atoms with E-state index in [2.05, 4.69) is 18.2 Å². The number of carbonyl (C=O) groups excluding carboxylic acids is 1. The number of benzene rings is 3. The molecule has 0 amide bonds. The highest BCUT2D eigenvalue weighted by molar-refractivity contribution is 6.22. The maximum Gasteiger partial charge on any atom is 0.174 e. The van der Waals surface area contributed by atoms with Gasteiger partial charge in [-0.1, -0.05) is 48.1 Å². The molecule has 5 rings (SSSR count). The average Bonchev–Trinajstić information content (AvgIpc) is 3.04. The predicted octanol–water partition coefficient (Wildman–Crippen LogP) is 4.55. The molecule has 3 aromatic carbocycles. The molecule has 2 nitrogen and oxygen atoms in total. The smallest absolute Gasteiger partial charge is 0.174 e. The minimum absolute atomic E-state index is 0.110. The third-order valence-corrected chi connectivity index (χ3v) is 5.04. The summed E-state index contributed by atoms with van der Waals surface area (Å²) in [5, 5.41) is 14.0. The molecule has 23 heavy (non-hydrogen) atoms. The normalized spacial score (nSPS) is 19.0. The zero-order valence-corrected chi connectivity index (χ0v) is 12.4. The lowest BCUT2D eigenvalue weighted by atomic mass is 9.76. The van der Waals surface area contributed by atoms with Crippen molar-refractivity contribution in [2.45, 2.75) is 6.42 Å². The minimum atomic E-state index is -0.110. The van der Waals surface area contributed by atoms with Crippen LogP contribution in [0.2, 0.25) is 0 Å². The van der Waals surface area contributed by atoms with Crippen molar-refractivity contribution in [3.05, 3.63) is 77.4 Å². The van der Waals surface area contributed by atoms with E-state index in [1.165, 1.54) is 5.57 Å². The number of rotatable bonds is 0. The second kappa shape index (κ2) is 4.32. The van der Waals surface area contributed by atoms with Crippen molar-refractivity contribution in [1.29, 1.82) is 0 Å². The molecule has 0 fully saturated rings. The van der Waals surface area contributed by atoms with E-state index in [9.17, 15) is 9.90 Å². The summed E-state index contributed by atoms with van der Waals surface area (Å²) in [5.41, 5.74) is 3.13. The van der Waals surface area contributed by atoms with Crippen molar-refractivity contribution in [3.63, 3.8) is 0 Å². The van der Waals surface area contributed by atoms with Gasteiger partial charge in [0.25, 0.3) is 0 Å². The summed E-state index contributed by atoms with van der Waals surface area (Å²) in [6.07, 6.45) is 6.86. The van der Waals surface area contributed by atoms with Crippen LogP contribution >= 0.6 is 0 Å². The van der Waals surface area contributed by atoms with Gasteiger partial charge in [0, 0.05) is 5.56 Å². The van der Waals surface area contributed by atoms with Crippen LogP contribution in [-0.4, -0.2) is 10.9 Å². The van der Waals surface area contributed by atoms with E-state index in [0.717, 1.165) is 39.1 Å². The van der Waals surface area contributed by atoms with E-state index in [1.807, 2.05) is 30.4 Å². The highest BCUT2D eigenvalue weighted by atomic mass is 16.3. The monoisotopic (exact) mass is 298 g/mol. The number of fused-ring (bicyclic) bond motifs is 7. The zero-order valence-electron chi connectivity index (χ0n) is 12.4. The Morgan fingerprint density at radius 2 is 1.78 bits per heavy atom. The van der Waals surface area contributed by atoms with E-state index in [0.29, 0.717) is 0 Å². The first kappa shape index (κ1) is 12.7. The highest BCUT2D eigenvalue weighted by Crippen LogP contribution is 2.42. The second-order valence-electron chi connectivity index (χ2n) is 6.27. The summed E-state index contributed by atoms with van der Waals surface area (Å²) in [6.45, 7) is 0. The first-order valence-electron chi connectivity index (χ1n) is 7.82. The fourth-order valence-electron chi connectivity index (χ4n) is 4.02. The van der Waals surface area contributed by atoms with Crippen LogP contribution in [0.5, 0.6) is 5.75 Å². The lowest BCUT2D eigenvalue weighted by molar-refractivity contribution is 0.0956. The quantitative estimate of drug-likeness (QED) is 0.618. The Balaban J connectivity index is 2.00. The molecule has 1 N–H and O–H groups in total. The van der Waals surface area contributed by atoms with Gasteiger partial charge in [-0.2, -0.15) is 0 Å². The number of carbonyl (C=O) groups is 1. The van der Waals surface area contributed by atoms with Crippen LogP contribution in [-0.2, 0) is 6.42 Å². The maximum atomic E-state index is 13.1. The Hall–Kier alpha value is -2.87. The average molecular weight is 298 g/mol. The highest BCUT2D eigenvalue weighted by Gasteiger charge is 2.33. The molecular weight excluding hydrogens is 284 g/mol. The zero-order chi connectivity index (χ0) is 15.6. The Kier molecular flexibility index (Phi) is 2.38. The first-order chi connectivity index (χ1) is 11.2. The van der Waals surface area contributed by atoms with Gasteiger partial charge in [-0.25, -0.2) is 0 Å². The third-order valence-electron chi connectivity index (χ3n) is 5.04. The van der Waals surface area contributed by atoms with E-state index < -0.39 is 0 Å². The minimum Gasteiger partial charge on any atom is -0.508 e. The van der Waals surface area contributed by atoms with Gasteiger partial charge in [-0.3, -0.25) is 4.79 Å². The lowest BCUT2D eigenvalue weighted by Gasteiger charge is -2.25. The Morgan fingerprint density at radius 1 is 0.957 bits per heavy atom. The number of phenols is 1. The van der Waals surface area contributed by atoms with Crippen molar-refractivity contribution in [2.75, 3.05) is 0 Å². The van der Waals surface area contributed by atoms with Crippen molar-refractivity contribution in [1.82, 2.24) is 0 Å². The number of hydrogen-bond acceptors (Lipinski definition) is 2. The first-order valence-corrected chi connectivity index (χ1v) is 7.82. The number of hydrogen-bond donors (Lipinski definition) is 1. The molecule has 2 heteroatoms. The molecule has 0 saturated heterocycles. The SMILES string of the molecule is O=C1c2c(c3ccccc3c3cc(O)ccc23)CC2=CC=CC12. The molecule has 0 spiro atoms. The fraction of sp³-hybridized carbons (Fsp3) is 0.0952. The fourth-order valence-corrected chi connectivity index (χ4v) is 4.02. The number of aromatic hydroxyl groups is 1. The van der Waals surface area contributed by atoms with Crippen LogP contribution in [0.4, 0.5) is 0 Å². The van der Waals surface area contributed by atoms with Gasteiger partial charge >= 0.3 is 0 Å². The summed E-state index contributed by atoms with van der Waals surface area (Å²) in [7, 11) is 0. The van der Waals surface area contributed by atoms with Crippen LogP contribution in [0.1, 0.15) is 15.9 Å². The van der Waals surface area contributed by atoms with Crippen molar-refractivity contribution < 1.29 is 9.90 Å². The van der Waals surface area contributed by atoms with Crippen molar-refractivity contribution >= 4 is 27.3 Å². The Bertz CT molecular complexity index is 1070. The van der Waals surface area contributed by atoms with Gasteiger partial charge in [0.1, 0.15) is 5.75 Å². The number of phenolic OH excluding ortho intramolecular Hbond substituents is 1. The van der Waals surface area contributed by atoms with E-state index in [1.54, 1.807) is 12.1 Å². The van der Waals surface area contributed by atoms with Crippen molar-refractivity contribution in [2.24, 2.45) is 5.92 Å². The molecule has 2 aliphatic carbocycles. The predicted molar refractivity (Wildman–Crippen MR) is 91.9 cm³/mol. The molecule has 0 saturated carbocycles. The molecular formula is C21H14O2. The van der Waals surface area contributed by atoms with Gasteiger partial charge < -0.3 is 5.11 Å². The molecule has 0 radical (unpaired) electrons. The summed E-state index contributed by atoms with van der Waals surface area (Å²) in [5.74, 6) is 0.292. The Morgan fingerprint density at radius 3 is 2.65 bits per heavy atom. The molecule has 110 valence electrons. The van der Waals surface area contributed by atoms with E-state index in [4.69, 9.17) is 0 Å². The molecule has 3 aromatic rings. The Labute approximate surface area is 133 Å². The summed E-state index contributed by atoms with van der Waals surface area (Å²) in [6, 6.07) is 13.5. The van der Waals surface area contributed by atoms with Gasteiger partial charge in [-0.05, 0) is 51.7 Å². The third kappa shape index (κ3) is 1.61. The largest absolute Gasteiger partial charge is 0.508 e. The summed E-state index contributed by atoms with van der Waals surface area (Å²) < 4.78 is 0. The molecule has 0 aliphatic heterocycles. The number of allylic oxidation sites excluding steroid dienone is 4. The van der Waals surface area contributed by atoms with Gasteiger partial charge in [0.15, 0.2) is 5.78 Å². The van der Waals surface area contributed by atoms with Gasteiger partial charge in [0.05, 0.1) is 5.92 Å². The molecule has 0 aromatic heterocycles. The van der Waals surface area contributed by atoms with Gasteiger partial charge in [0.2, 0.25) is 0 Å². The van der Waals surface area contributed by atoms with E-state index >= 15 is 0 Å². The van der Waals surface area contributed by atoms with Crippen LogP contribution < -0.4 is 0 Å². The van der Waals surface area contributed by atoms with Crippen molar-refractivity contribution in [3.8, 4) is 5.75 Å². The molecule has 1 atom stereocenters. The standard InChI is InChI=1S/C21H14O2/c22-13-8-9-17-18(11-13)15-5-1-2-6-16(15)19-10-12-4-3-7-14(12)21(23)20(17)19/h1-9,11,14,22H,10H2. The molecule has 0 heterocycles. The van der Waals surface area contributed by atoms with Crippen LogP contribution in [0.3, 0.4) is 0 Å². The van der Waals surface area contributed by atoms with Crippen LogP contribution in [0.25, 0.3) is 21.5 Å². The second-order valence-corrected chi connectivity index (χ2v) is 6.27. The van der Waals surface area contributed by atoms with Crippen LogP contribution in [0, 0.1) is 5.92 Å². The van der Waals surface area contributed by atoms with Crippen LogP contribution in [0.15, 0.2) is 66.3 Å². The number of Topliss-reactive ketones (excluding diaryl/α,β-unsaturated/α-hetero) is 1. The topological polar surface area (TPSA) is 37.3 Å². The summed E-state index contributed by atoms with van der Waals surface area (Å²) >= 11 is 0.